The molecule has 42 valence electrons. The fourth-order valence-electron chi connectivity index (χ4n) is 0.366. The second-order valence-electron chi connectivity index (χ2n) is 1.41. The molecule has 0 spiro atoms. The molecule has 0 saturated heterocycles. The van der Waals surface area contributed by atoms with Gasteiger partial charge in [-0.3, -0.25) is 0 Å². The van der Waals surface area contributed by atoms with Gasteiger partial charge in [-0.2, -0.15) is 0 Å². The summed E-state index contributed by atoms with van der Waals surface area (Å²) in [5.74, 6) is 0. The molecule has 0 aliphatic rings. The standard InChI is InChI=1S/C6H11Br/c1-3-5-6(7)4-2/h5H,3-4H2,1-2H3. The lowest BCUT2D eigenvalue weighted by Gasteiger charge is -1.85. The van der Waals surface area contributed by atoms with E-state index in [1.807, 2.05) is 0 Å². The van der Waals surface area contributed by atoms with Crippen LogP contribution in [0.15, 0.2) is 10.6 Å². The van der Waals surface area contributed by atoms with Crippen LogP contribution in [0, 0.1) is 0 Å². The van der Waals surface area contributed by atoms with Crippen LogP contribution in [-0.4, -0.2) is 0 Å². The van der Waals surface area contributed by atoms with Crippen LogP contribution in [0.1, 0.15) is 26.7 Å². The molecule has 0 atom stereocenters. The van der Waals surface area contributed by atoms with E-state index in [-0.39, 0.29) is 0 Å². The van der Waals surface area contributed by atoms with E-state index in [1.54, 1.807) is 0 Å². The van der Waals surface area contributed by atoms with Gasteiger partial charge < -0.3 is 0 Å². The smallest absolute Gasteiger partial charge is 0.00921 e. The molecule has 0 aliphatic heterocycles. The van der Waals surface area contributed by atoms with E-state index >= 15 is 0 Å². The Balaban J connectivity index is 3.29. The maximum absolute atomic E-state index is 3.40. The summed E-state index contributed by atoms with van der Waals surface area (Å²) in [4.78, 5) is 0. The first-order chi connectivity index (χ1) is 3.31. The molecule has 0 amide bonds. The minimum absolute atomic E-state index is 1.12. The van der Waals surface area contributed by atoms with Crippen LogP contribution < -0.4 is 0 Å². The zero-order valence-corrected chi connectivity index (χ0v) is 6.46. The van der Waals surface area contributed by atoms with Crippen LogP contribution in [0.5, 0.6) is 0 Å². The predicted octanol–water partition coefficient (Wildman–Crippen LogP) is 3.09. The van der Waals surface area contributed by atoms with Crippen molar-refractivity contribution < 1.29 is 0 Å². The van der Waals surface area contributed by atoms with Crippen molar-refractivity contribution in [3.63, 3.8) is 0 Å². The number of halogens is 1. The number of hydrogen-bond acceptors (Lipinski definition) is 0. The highest BCUT2D eigenvalue weighted by atomic mass is 79.9. The Morgan fingerprint density at radius 3 is 2.29 bits per heavy atom. The fraction of sp³-hybridized carbons (Fsp3) is 0.667. The van der Waals surface area contributed by atoms with E-state index in [0.717, 1.165) is 12.8 Å². The molecule has 0 aliphatic carbocycles. The van der Waals surface area contributed by atoms with Gasteiger partial charge in [0.1, 0.15) is 0 Å². The average Bonchev–Trinajstić information content (AvgIpc) is 1.68. The molecule has 0 rings (SSSR count). The molecule has 0 aromatic heterocycles. The van der Waals surface area contributed by atoms with E-state index in [4.69, 9.17) is 0 Å². The van der Waals surface area contributed by atoms with Gasteiger partial charge in [-0.1, -0.05) is 35.9 Å². The highest BCUT2D eigenvalue weighted by Crippen LogP contribution is 2.08. The normalized spacial score (nSPS) is 12.1. The van der Waals surface area contributed by atoms with Crippen LogP contribution in [0.4, 0.5) is 0 Å². The summed E-state index contributed by atoms with van der Waals surface area (Å²) in [5.41, 5.74) is 0. The molecule has 0 heterocycles. The molecule has 0 aromatic carbocycles. The quantitative estimate of drug-likeness (QED) is 0.586. The summed E-state index contributed by atoms with van der Waals surface area (Å²) in [6.07, 6.45) is 4.43. The molecule has 0 aromatic rings. The molecule has 0 N–H and O–H groups in total. The summed E-state index contributed by atoms with van der Waals surface area (Å²) < 4.78 is 1.31. The van der Waals surface area contributed by atoms with Crippen LogP contribution in [0.3, 0.4) is 0 Å². The molecule has 0 unspecified atom stereocenters. The Bertz CT molecular complexity index is 64.6. The van der Waals surface area contributed by atoms with E-state index in [2.05, 4.69) is 35.9 Å². The number of hydrogen-bond donors (Lipinski definition) is 0. The summed E-state index contributed by atoms with van der Waals surface area (Å²) in [6, 6.07) is 0. The SMILES string of the molecule is CCC=C(Br)CC. The third-order valence-electron chi connectivity index (χ3n) is 0.763. The highest BCUT2D eigenvalue weighted by Gasteiger charge is 1.79. The van der Waals surface area contributed by atoms with Gasteiger partial charge in [0.05, 0.1) is 0 Å². The van der Waals surface area contributed by atoms with Crippen molar-refractivity contribution in [1.82, 2.24) is 0 Å². The van der Waals surface area contributed by atoms with Gasteiger partial charge in [0.15, 0.2) is 0 Å². The van der Waals surface area contributed by atoms with Crippen molar-refractivity contribution in [3.05, 3.63) is 10.6 Å². The number of rotatable bonds is 2. The van der Waals surface area contributed by atoms with Crippen LogP contribution in [0.25, 0.3) is 0 Å². The summed E-state index contributed by atoms with van der Waals surface area (Å²) in [5, 5.41) is 0. The minimum Gasteiger partial charge on any atom is -0.0747 e. The highest BCUT2D eigenvalue weighted by molar-refractivity contribution is 9.11. The lowest BCUT2D eigenvalue weighted by Crippen LogP contribution is -1.62. The van der Waals surface area contributed by atoms with Gasteiger partial charge in [0, 0.05) is 0 Å². The van der Waals surface area contributed by atoms with Crippen LogP contribution in [-0.2, 0) is 0 Å². The molecule has 0 radical (unpaired) electrons. The zero-order chi connectivity index (χ0) is 5.70. The lowest BCUT2D eigenvalue weighted by atomic mass is 10.4. The first kappa shape index (κ1) is 7.22. The van der Waals surface area contributed by atoms with Gasteiger partial charge in [-0.15, -0.1) is 0 Å². The molecular weight excluding hydrogens is 152 g/mol. The average molecular weight is 163 g/mol. The van der Waals surface area contributed by atoms with Crippen molar-refractivity contribution in [1.29, 1.82) is 0 Å². The van der Waals surface area contributed by atoms with Gasteiger partial charge in [0.2, 0.25) is 0 Å². The zero-order valence-electron chi connectivity index (χ0n) is 4.87. The van der Waals surface area contributed by atoms with E-state index in [0.29, 0.717) is 0 Å². The van der Waals surface area contributed by atoms with E-state index in [1.165, 1.54) is 4.48 Å². The Labute approximate surface area is 53.7 Å². The monoisotopic (exact) mass is 162 g/mol. The topological polar surface area (TPSA) is 0 Å². The fourth-order valence-corrected chi connectivity index (χ4v) is 0.690. The van der Waals surface area contributed by atoms with Gasteiger partial charge >= 0.3 is 0 Å². The van der Waals surface area contributed by atoms with Crippen molar-refractivity contribution in [2.75, 3.05) is 0 Å². The first-order valence-corrected chi connectivity index (χ1v) is 3.45. The van der Waals surface area contributed by atoms with Crippen molar-refractivity contribution >= 4 is 15.9 Å². The molecule has 0 saturated carbocycles. The summed E-state index contributed by atoms with van der Waals surface area (Å²) in [7, 11) is 0. The largest absolute Gasteiger partial charge is 0.0747 e. The third kappa shape index (κ3) is 4.07. The Morgan fingerprint density at radius 1 is 1.57 bits per heavy atom. The molecule has 0 bridgehead atoms. The minimum atomic E-state index is 1.12. The van der Waals surface area contributed by atoms with Crippen LogP contribution >= 0.6 is 15.9 Å². The molecule has 0 fully saturated rings. The van der Waals surface area contributed by atoms with Crippen molar-refractivity contribution in [3.8, 4) is 0 Å². The Morgan fingerprint density at radius 2 is 2.14 bits per heavy atom. The second kappa shape index (κ2) is 4.38. The van der Waals surface area contributed by atoms with Crippen molar-refractivity contribution in [2.24, 2.45) is 0 Å². The maximum atomic E-state index is 3.40. The van der Waals surface area contributed by atoms with Gasteiger partial charge in [-0.05, 0) is 17.3 Å². The van der Waals surface area contributed by atoms with Crippen molar-refractivity contribution in [2.45, 2.75) is 26.7 Å². The summed E-state index contributed by atoms with van der Waals surface area (Å²) in [6.45, 7) is 4.27. The third-order valence-corrected chi connectivity index (χ3v) is 1.65. The molecule has 0 nitrogen and oxygen atoms in total. The van der Waals surface area contributed by atoms with Gasteiger partial charge in [-0.25, -0.2) is 0 Å². The first-order valence-electron chi connectivity index (χ1n) is 2.65. The maximum Gasteiger partial charge on any atom is -0.00921 e. The van der Waals surface area contributed by atoms with E-state index in [9.17, 15) is 0 Å². The lowest BCUT2D eigenvalue weighted by molar-refractivity contribution is 1.14. The molecular formula is C6H11Br. The number of allylic oxidation sites excluding steroid dienone is 2. The Kier molecular flexibility index (Phi) is 4.52. The molecule has 7 heavy (non-hydrogen) atoms. The predicted molar refractivity (Wildman–Crippen MR) is 37.6 cm³/mol. The van der Waals surface area contributed by atoms with Gasteiger partial charge in [0.25, 0.3) is 0 Å². The summed E-state index contributed by atoms with van der Waals surface area (Å²) >= 11 is 3.40. The van der Waals surface area contributed by atoms with E-state index < -0.39 is 0 Å². The molecule has 1 heteroatoms. The van der Waals surface area contributed by atoms with Crippen LogP contribution in [0.2, 0.25) is 0 Å². The second-order valence-corrected chi connectivity index (χ2v) is 2.43. The Hall–Kier alpha value is 0.220.